The molecular formula is C23H27FN6O3S2. The van der Waals surface area contributed by atoms with E-state index < -0.39 is 10.0 Å². The minimum Gasteiger partial charge on any atom is -0.325 e. The van der Waals surface area contributed by atoms with Crippen molar-refractivity contribution < 1.29 is 17.6 Å². The maximum absolute atomic E-state index is 13.6. The smallest absolute Gasteiger partial charge is 0.238 e. The fraction of sp³-hybridized carbons (Fsp3) is 0.348. The van der Waals surface area contributed by atoms with E-state index >= 15 is 0 Å². The molecule has 0 aliphatic carbocycles. The third-order valence-corrected chi connectivity index (χ3v) is 7.67. The van der Waals surface area contributed by atoms with Gasteiger partial charge in [0.1, 0.15) is 5.82 Å². The van der Waals surface area contributed by atoms with Crippen LogP contribution in [0.2, 0.25) is 0 Å². The summed E-state index contributed by atoms with van der Waals surface area (Å²) in [4.78, 5) is 14.9. The first-order valence-corrected chi connectivity index (χ1v) is 13.8. The Morgan fingerprint density at radius 2 is 1.86 bits per heavy atom. The van der Waals surface area contributed by atoms with Gasteiger partial charge >= 0.3 is 0 Å². The molecule has 1 saturated heterocycles. The van der Waals surface area contributed by atoms with E-state index in [2.05, 4.69) is 27.3 Å². The molecule has 1 fully saturated rings. The Balaban J connectivity index is 1.53. The van der Waals surface area contributed by atoms with E-state index in [0.717, 1.165) is 31.8 Å². The SMILES string of the molecule is C[C@H](c1nnc(SCC(=O)Nc2cccc(S(N)(=O)=O)c2)n1-c1ccc(F)cc1)N1CCCCC1. The van der Waals surface area contributed by atoms with E-state index in [-0.39, 0.29) is 28.4 Å². The van der Waals surface area contributed by atoms with Crippen molar-refractivity contribution in [1.29, 1.82) is 0 Å². The van der Waals surface area contributed by atoms with Gasteiger partial charge in [-0.05, 0) is 75.3 Å². The number of hydrogen-bond donors (Lipinski definition) is 2. The quantitative estimate of drug-likeness (QED) is 0.439. The number of nitrogens with one attached hydrogen (secondary N) is 1. The summed E-state index contributed by atoms with van der Waals surface area (Å²) in [5, 5.41) is 17.1. The van der Waals surface area contributed by atoms with Gasteiger partial charge in [0.05, 0.1) is 16.7 Å². The molecule has 0 unspecified atom stereocenters. The second-order valence-electron chi connectivity index (χ2n) is 8.33. The maximum Gasteiger partial charge on any atom is 0.238 e. The Bertz CT molecular complexity index is 1290. The molecule has 3 aromatic rings. The zero-order chi connectivity index (χ0) is 25.0. The Morgan fingerprint density at radius 3 is 2.54 bits per heavy atom. The van der Waals surface area contributed by atoms with Gasteiger partial charge < -0.3 is 5.32 Å². The molecule has 2 heterocycles. The summed E-state index contributed by atoms with van der Waals surface area (Å²) in [7, 11) is -3.88. The highest BCUT2D eigenvalue weighted by Gasteiger charge is 2.26. The van der Waals surface area contributed by atoms with Gasteiger partial charge in [0.15, 0.2) is 11.0 Å². The van der Waals surface area contributed by atoms with Crippen molar-refractivity contribution in [3.05, 3.63) is 60.2 Å². The molecule has 0 spiro atoms. The number of carbonyl (C=O) groups is 1. The normalized spacial score (nSPS) is 15.6. The van der Waals surface area contributed by atoms with Gasteiger partial charge in [0.25, 0.3) is 0 Å². The average Bonchev–Trinajstić information content (AvgIpc) is 3.27. The summed E-state index contributed by atoms with van der Waals surface area (Å²) in [5.41, 5.74) is 1.03. The fourth-order valence-corrected chi connectivity index (χ4v) is 5.34. The lowest BCUT2D eigenvalue weighted by Crippen LogP contribution is -2.33. The van der Waals surface area contributed by atoms with E-state index in [9.17, 15) is 17.6 Å². The molecule has 2 aromatic carbocycles. The number of sulfonamides is 1. The molecule has 35 heavy (non-hydrogen) atoms. The molecule has 12 heteroatoms. The van der Waals surface area contributed by atoms with Crippen LogP contribution in [0.15, 0.2) is 58.6 Å². The highest BCUT2D eigenvalue weighted by Crippen LogP contribution is 2.29. The molecular weight excluding hydrogens is 491 g/mol. The molecule has 186 valence electrons. The number of benzene rings is 2. The molecule has 0 bridgehead atoms. The van der Waals surface area contributed by atoms with Crippen LogP contribution in [0.3, 0.4) is 0 Å². The minimum atomic E-state index is -3.88. The van der Waals surface area contributed by atoms with E-state index in [1.807, 2.05) is 4.57 Å². The predicted octanol–water partition coefficient (Wildman–Crippen LogP) is 3.33. The molecule has 3 N–H and O–H groups in total. The molecule has 9 nitrogen and oxygen atoms in total. The van der Waals surface area contributed by atoms with Crippen LogP contribution in [0, 0.1) is 5.82 Å². The lowest BCUT2D eigenvalue weighted by atomic mass is 10.1. The van der Waals surface area contributed by atoms with Gasteiger partial charge in [-0.25, -0.2) is 17.9 Å². The first kappa shape index (κ1) is 25.3. The van der Waals surface area contributed by atoms with Crippen molar-refractivity contribution in [2.24, 2.45) is 5.14 Å². The molecule has 0 radical (unpaired) electrons. The van der Waals surface area contributed by atoms with Crippen LogP contribution in [-0.2, 0) is 14.8 Å². The molecule has 1 atom stereocenters. The first-order valence-electron chi connectivity index (χ1n) is 11.2. The molecule has 4 rings (SSSR count). The predicted molar refractivity (Wildman–Crippen MR) is 132 cm³/mol. The van der Waals surface area contributed by atoms with Crippen LogP contribution in [-0.4, -0.2) is 52.8 Å². The number of anilines is 1. The van der Waals surface area contributed by atoms with Gasteiger partial charge in [-0.2, -0.15) is 0 Å². The average molecular weight is 519 g/mol. The summed E-state index contributed by atoms with van der Waals surface area (Å²) < 4.78 is 38.6. The molecule has 1 aliphatic rings. The zero-order valence-corrected chi connectivity index (χ0v) is 20.9. The molecule has 1 aromatic heterocycles. The van der Waals surface area contributed by atoms with E-state index in [1.165, 1.54) is 48.5 Å². The number of nitrogens with two attached hydrogens (primary N) is 1. The lowest BCUT2D eigenvalue weighted by Gasteiger charge is -2.31. The largest absolute Gasteiger partial charge is 0.325 e. The van der Waals surface area contributed by atoms with Crippen molar-refractivity contribution in [3.8, 4) is 5.69 Å². The van der Waals surface area contributed by atoms with Crippen molar-refractivity contribution in [2.45, 2.75) is 42.3 Å². The Hall–Kier alpha value is -2.80. The summed E-state index contributed by atoms with van der Waals surface area (Å²) >= 11 is 1.19. The number of piperidine rings is 1. The number of thioether (sulfide) groups is 1. The van der Waals surface area contributed by atoms with Crippen LogP contribution >= 0.6 is 11.8 Å². The summed E-state index contributed by atoms with van der Waals surface area (Å²) in [6.45, 7) is 4.02. The Morgan fingerprint density at radius 1 is 1.14 bits per heavy atom. The highest BCUT2D eigenvalue weighted by molar-refractivity contribution is 7.99. The van der Waals surface area contributed by atoms with Gasteiger partial charge in [-0.3, -0.25) is 14.3 Å². The van der Waals surface area contributed by atoms with Crippen molar-refractivity contribution >= 4 is 33.4 Å². The molecule has 0 saturated carbocycles. The van der Waals surface area contributed by atoms with Crippen LogP contribution in [0.1, 0.15) is 38.1 Å². The van der Waals surface area contributed by atoms with Crippen LogP contribution in [0.25, 0.3) is 5.69 Å². The van der Waals surface area contributed by atoms with Crippen molar-refractivity contribution in [3.63, 3.8) is 0 Å². The fourth-order valence-electron chi connectivity index (χ4n) is 4.03. The zero-order valence-electron chi connectivity index (χ0n) is 19.2. The van der Waals surface area contributed by atoms with Gasteiger partial charge in [-0.1, -0.05) is 24.2 Å². The number of amides is 1. The Labute approximate surface area is 208 Å². The third kappa shape index (κ3) is 6.26. The second kappa shape index (κ2) is 10.9. The van der Waals surface area contributed by atoms with Gasteiger partial charge in [-0.15, -0.1) is 10.2 Å². The van der Waals surface area contributed by atoms with Crippen LogP contribution < -0.4 is 10.5 Å². The van der Waals surface area contributed by atoms with E-state index in [0.29, 0.717) is 16.5 Å². The van der Waals surface area contributed by atoms with Crippen molar-refractivity contribution in [2.75, 3.05) is 24.2 Å². The number of halogens is 1. The second-order valence-corrected chi connectivity index (χ2v) is 10.8. The Kier molecular flexibility index (Phi) is 7.85. The van der Waals surface area contributed by atoms with E-state index in [1.54, 1.807) is 18.2 Å². The maximum atomic E-state index is 13.6. The monoisotopic (exact) mass is 518 g/mol. The standard InChI is InChI=1S/C23H27FN6O3S2/c1-16(29-12-3-2-4-13-29)22-27-28-23(30(22)19-10-8-17(24)9-11-19)34-15-21(31)26-18-6-5-7-20(14-18)35(25,32)33/h5-11,14,16H,2-4,12-13,15H2,1H3,(H,26,31)(H2,25,32,33)/t16-/m1/s1. The number of likely N-dealkylation sites (tertiary alicyclic amines) is 1. The number of nitrogens with zero attached hydrogens (tertiary/aromatic N) is 4. The number of rotatable bonds is 8. The van der Waals surface area contributed by atoms with Crippen LogP contribution in [0.4, 0.5) is 10.1 Å². The number of carbonyl (C=O) groups excluding carboxylic acids is 1. The summed E-state index contributed by atoms with van der Waals surface area (Å²) in [5.74, 6) is 0.0442. The number of primary sulfonamides is 1. The molecule has 1 amide bonds. The minimum absolute atomic E-state index is 0.00280. The number of hydrogen-bond acceptors (Lipinski definition) is 7. The van der Waals surface area contributed by atoms with Gasteiger partial charge in [0.2, 0.25) is 15.9 Å². The van der Waals surface area contributed by atoms with Gasteiger partial charge in [0, 0.05) is 11.4 Å². The topological polar surface area (TPSA) is 123 Å². The first-order chi connectivity index (χ1) is 16.7. The lowest BCUT2D eigenvalue weighted by molar-refractivity contribution is -0.113. The van der Waals surface area contributed by atoms with Crippen molar-refractivity contribution in [1.82, 2.24) is 19.7 Å². The molecule has 1 aliphatic heterocycles. The van der Waals surface area contributed by atoms with E-state index in [4.69, 9.17) is 5.14 Å². The number of aromatic nitrogens is 3. The third-order valence-electron chi connectivity index (χ3n) is 5.83. The summed E-state index contributed by atoms with van der Waals surface area (Å²) in [6.07, 6.45) is 3.47. The highest BCUT2D eigenvalue weighted by atomic mass is 32.2. The van der Waals surface area contributed by atoms with Crippen LogP contribution in [0.5, 0.6) is 0 Å². The summed E-state index contributed by atoms with van der Waals surface area (Å²) in [6, 6.07) is 11.8.